The van der Waals surface area contributed by atoms with Crippen molar-refractivity contribution < 1.29 is 17.6 Å². The number of sulfonamides is 1. The summed E-state index contributed by atoms with van der Waals surface area (Å²) in [7, 11) is -3.35. The van der Waals surface area contributed by atoms with Crippen molar-refractivity contribution >= 4 is 56.6 Å². The van der Waals surface area contributed by atoms with Crippen LogP contribution in [0, 0.1) is 0 Å². The van der Waals surface area contributed by atoms with Gasteiger partial charge in [0.1, 0.15) is 11.5 Å². The lowest BCUT2D eigenvalue weighted by Crippen LogP contribution is -2.10. The molecule has 3 rings (SSSR count). The number of amides is 1. The van der Waals surface area contributed by atoms with E-state index in [0.29, 0.717) is 38.5 Å². The summed E-state index contributed by atoms with van der Waals surface area (Å²) in [6.45, 7) is 0. The lowest BCUT2D eigenvalue weighted by atomic mass is 10.2. The lowest BCUT2D eigenvalue weighted by Gasteiger charge is -2.06. The van der Waals surface area contributed by atoms with E-state index in [9.17, 15) is 13.2 Å². The Morgan fingerprint density at radius 2 is 1.69 bits per heavy atom. The molecule has 3 aromatic rings. The highest BCUT2D eigenvalue weighted by Gasteiger charge is 2.10. The van der Waals surface area contributed by atoms with Crippen molar-refractivity contribution in [3.8, 4) is 11.3 Å². The summed E-state index contributed by atoms with van der Waals surface area (Å²) in [6, 6.07) is 15.0. The molecule has 1 amide bonds. The van der Waals surface area contributed by atoms with Gasteiger partial charge in [0.05, 0.1) is 16.3 Å². The molecule has 0 unspecified atom stereocenters. The third-order valence-corrected chi connectivity index (χ3v) is 5.12. The van der Waals surface area contributed by atoms with Crippen molar-refractivity contribution in [3.63, 3.8) is 0 Å². The van der Waals surface area contributed by atoms with Crippen LogP contribution in [0.4, 0.5) is 11.4 Å². The zero-order valence-corrected chi connectivity index (χ0v) is 17.5. The van der Waals surface area contributed by atoms with Gasteiger partial charge in [0.2, 0.25) is 15.9 Å². The molecule has 6 nitrogen and oxygen atoms in total. The third-order valence-electron chi connectivity index (χ3n) is 3.70. The number of anilines is 2. The Morgan fingerprint density at radius 1 is 1.00 bits per heavy atom. The molecule has 0 fully saturated rings. The number of halogens is 2. The first-order valence-corrected chi connectivity index (χ1v) is 11.0. The second kappa shape index (κ2) is 8.73. The maximum absolute atomic E-state index is 12.1. The quantitative estimate of drug-likeness (QED) is 0.500. The van der Waals surface area contributed by atoms with Crippen LogP contribution in [0.25, 0.3) is 17.4 Å². The largest absolute Gasteiger partial charge is 0.457 e. The molecule has 9 heteroatoms. The fourth-order valence-electron chi connectivity index (χ4n) is 2.46. The van der Waals surface area contributed by atoms with Crippen LogP contribution in [0.2, 0.25) is 10.0 Å². The third kappa shape index (κ3) is 5.87. The maximum atomic E-state index is 12.1. The van der Waals surface area contributed by atoms with Gasteiger partial charge < -0.3 is 9.73 Å². The highest BCUT2D eigenvalue weighted by Crippen LogP contribution is 2.34. The summed E-state index contributed by atoms with van der Waals surface area (Å²) in [5.41, 5.74) is 1.58. The molecule has 150 valence electrons. The van der Waals surface area contributed by atoms with Gasteiger partial charge in [-0.1, -0.05) is 29.3 Å². The second-order valence-electron chi connectivity index (χ2n) is 6.08. The van der Waals surface area contributed by atoms with E-state index in [2.05, 4.69) is 10.0 Å². The Bertz CT molecular complexity index is 1170. The van der Waals surface area contributed by atoms with Crippen molar-refractivity contribution in [2.75, 3.05) is 16.3 Å². The van der Waals surface area contributed by atoms with Gasteiger partial charge in [0, 0.05) is 23.0 Å². The summed E-state index contributed by atoms with van der Waals surface area (Å²) in [5, 5.41) is 3.49. The van der Waals surface area contributed by atoms with Gasteiger partial charge in [0.15, 0.2) is 0 Å². The molecule has 0 atom stereocenters. The molecule has 2 N–H and O–H groups in total. The molecule has 0 aliphatic rings. The van der Waals surface area contributed by atoms with E-state index in [1.165, 1.54) is 12.2 Å². The molecular weight excluding hydrogens is 435 g/mol. The van der Waals surface area contributed by atoms with Gasteiger partial charge in [0.25, 0.3) is 0 Å². The summed E-state index contributed by atoms with van der Waals surface area (Å²) in [5.74, 6) is 0.637. The number of hydrogen-bond acceptors (Lipinski definition) is 4. The zero-order valence-electron chi connectivity index (χ0n) is 15.1. The summed E-state index contributed by atoms with van der Waals surface area (Å²) in [4.78, 5) is 12.1. The number of carbonyl (C=O) groups excluding carboxylic acids is 1. The molecule has 2 aromatic carbocycles. The highest BCUT2D eigenvalue weighted by molar-refractivity contribution is 7.92. The van der Waals surface area contributed by atoms with Crippen LogP contribution in [-0.4, -0.2) is 20.6 Å². The Morgan fingerprint density at radius 3 is 2.38 bits per heavy atom. The number of nitrogens with one attached hydrogen (secondary N) is 2. The Labute approximate surface area is 178 Å². The summed E-state index contributed by atoms with van der Waals surface area (Å²) < 4.78 is 30.4. The monoisotopic (exact) mass is 450 g/mol. The van der Waals surface area contributed by atoms with Crippen molar-refractivity contribution in [2.45, 2.75) is 0 Å². The van der Waals surface area contributed by atoms with Gasteiger partial charge in [-0.3, -0.25) is 9.52 Å². The number of furan rings is 1. The molecule has 0 aliphatic carbocycles. The average molecular weight is 451 g/mol. The minimum absolute atomic E-state index is 0.368. The predicted octanol–water partition coefficient (Wildman–Crippen LogP) is 5.28. The van der Waals surface area contributed by atoms with Gasteiger partial charge in [-0.25, -0.2) is 8.42 Å². The first-order chi connectivity index (χ1) is 13.7. The fraction of sp³-hybridized carbons (Fsp3) is 0.0500. The number of rotatable bonds is 6. The normalized spacial score (nSPS) is 11.6. The van der Waals surface area contributed by atoms with Crippen LogP contribution in [0.3, 0.4) is 0 Å². The van der Waals surface area contributed by atoms with Crippen molar-refractivity contribution in [2.24, 2.45) is 0 Å². The Hall–Kier alpha value is -2.74. The minimum Gasteiger partial charge on any atom is -0.457 e. The minimum atomic E-state index is -3.35. The Balaban J connectivity index is 1.64. The van der Waals surface area contributed by atoms with Gasteiger partial charge in [-0.05, 0) is 54.6 Å². The molecule has 0 saturated carbocycles. The smallest absolute Gasteiger partial charge is 0.248 e. The van der Waals surface area contributed by atoms with Crippen molar-refractivity contribution in [1.29, 1.82) is 0 Å². The van der Waals surface area contributed by atoms with E-state index in [0.717, 1.165) is 6.26 Å². The van der Waals surface area contributed by atoms with Crippen LogP contribution in [0.15, 0.2) is 65.1 Å². The summed E-state index contributed by atoms with van der Waals surface area (Å²) in [6.07, 6.45) is 3.91. The van der Waals surface area contributed by atoms with Crippen LogP contribution in [0.1, 0.15) is 5.76 Å². The number of benzene rings is 2. The average Bonchev–Trinajstić information content (AvgIpc) is 3.11. The molecule has 0 spiro atoms. The van der Waals surface area contributed by atoms with Crippen molar-refractivity contribution in [3.05, 3.63) is 76.5 Å². The standard InChI is InChI=1S/C20H16Cl2N2O4S/c1-29(26,27)24-14-7-5-13(6-8-14)23-19(25)12-10-15-9-11-18(28-15)16-3-2-4-17(21)20(16)22/h2-12,24H,1H3,(H,23,25). The molecular formula is C20H16Cl2N2O4S. The van der Waals surface area contributed by atoms with Gasteiger partial charge in [-0.2, -0.15) is 0 Å². The molecule has 1 heterocycles. The van der Waals surface area contributed by atoms with E-state index < -0.39 is 10.0 Å². The number of hydrogen-bond donors (Lipinski definition) is 2. The first-order valence-electron chi connectivity index (χ1n) is 8.32. The number of carbonyl (C=O) groups is 1. The van der Waals surface area contributed by atoms with Crippen molar-refractivity contribution in [1.82, 2.24) is 0 Å². The lowest BCUT2D eigenvalue weighted by molar-refractivity contribution is -0.111. The van der Waals surface area contributed by atoms with E-state index in [1.54, 1.807) is 54.6 Å². The van der Waals surface area contributed by atoms with E-state index in [4.69, 9.17) is 27.6 Å². The predicted molar refractivity (Wildman–Crippen MR) is 117 cm³/mol. The van der Waals surface area contributed by atoms with E-state index in [1.807, 2.05) is 0 Å². The topological polar surface area (TPSA) is 88.4 Å². The fourth-order valence-corrected chi connectivity index (χ4v) is 3.42. The van der Waals surface area contributed by atoms with Crippen LogP contribution in [0.5, 0.6) is 0 Å². The molecule has 0 radical (unpaired) electrons. The molecule has 0 aliphatic heterocycles. The molecule has 29 heavy (non-hydrogen) atoms. The summed E-state index contributed by atoms with van der Waals surface area (Å²) >= 11 is 12.2. The van der Waals surface area contributed by atoms with E-state index in [-0.39, 0.29) is 5.91 Å². The van der Waals surface area contributed by atoms with E-state index >= 15 is 0 Å². The van der Waals surface area contributed by atoms with Gasteiger partial charge in [-0.15, -0.1) is 0 Å². The Kier molecular flexibility index (Phi) is 6.32. The molecule has 1 aromatic heterocycles. The second-order valence-corrected chi connectivity index (χ2v) is 8.61. The molecule has 0 saturated heterocycles. The SMILES string of the molecule is CS(=O)(=O)Nc1ccc(NC(=O)C=Cc2ccc(-c3cccc(Cl)c3Cl)o2)cc1. The first kappa shape index (κ1) is 21.0. The van der Waals surface area contributed by atoms with Crippen LogP contribution >= 0.6 is 23.2 Å². The maximum Gasteiger partial charge on any atom is 0.248 e. The van der Waals surface area contributed by atoms with Gasteiger partial charge >= 0.3 is 0 Å². The molecule has 0 bridgehead atoms. The highest BCUT2D eigenvalue weighted by atomic mass is 35.5. The zero-order chi connectivity index (χ0) is 21.0. The van der Waals surface area contributed by atoms with Crippen LogP contribution in [-0.2, 0) is 14.8 Å². The van der Waals surface area contributed by atoms with Crippen LogP contribution < -0.4 is 10.0 Å².